The Hall–Kier alpha value is -6.40. The lowest BCUT2D eigenvalue weighted by Crippen LogP contribution is -2.11. The average Bonchev–Trinajstić information content (AvgIpc) is 3.76. The third kappa shape index (κ3) is 4.35. The molecule has 0 spiro atoms. The van der Waals surface area contributed by atoms with Gasteiger partial charge in [0.15, 0.2) is 69.8 Å². The first-order valence-electron chi connectivity index (χ1n) is 11.5. The normalized spacial score (nSPS) is 15.4. The van der Waals surface area contributed by atoms with E-state index < -0.39 is 137 Å². The van der Waals surface area contributed by atoms with E-state index in [4.69, 9.17) is 22.0 Å². The van der Waals surface area contributed by atoms with Crippen molar-refractivity contribution < 1.29 is 52.7 Å². The van der Waals surface area contributed by atoms with Gasteiger partial charge in [0.2, 0.25) is 0 Å². The third-order valence-corrected chi connectivity index (χ3v) is 6.50. The van der Waals surface area contributed by atoms with Crippen molar-refractivity contribution in [3.63, 3.8) is 0 Å². The van der Waals surface area contributed by atoms with Gasteiger partial charge in [-0.3, -0.25) is 0 Å². The largest absolute Gasteiger partial charge is 0.398 e. The third-order valence-electron chi connectivity index (χ3n) is 6.50. The zero-order valence-electron chi connectivity index (χ0n) is 21.5. The van der Waals surface area contributed by atoms with Crippen LogP contribution in [0.4, 0.5) is 58.4 Å². The molecule has 3 aromatic rings. The van der Waals surface area contributed by atoms with Crippen molar-refractivity contribution in [1.29, 1.82) is 21.0 Å². The van der Waals surface area contributed by atoms with E-state index in [1.165, 1.54) is 0 Å². The first-order valence-corrected chi connectivity index (χ1v) is 11.5. The molecular formula is C28H4F12N6. The van der Waals surface area contributed by atoms with Crippen molar-refractivity contribution in [2.45, 2.75) is 0 Å². The minimum Gasteiger partial charge on any atom is -0.398 e. The molecule has 3 aromatic carbocycles. The molecule has 0 aliphatic heterocycles. The maximum Gasteiger partial charge on any atom is 0.185 e. The number of anilines is 1. The van der Waals surface area contributed by atoms with E-state index in [1.807, 2.05) is 0 Å². The van der Waals surface area contributed by atoms with E-state index in [9.17, 15) is 63.2 Å². The summed E-state index contributed by atoms with van der Waals surface area (Å²) in [5.74, 6) is -28.8. The highest BCUT2D eigenvalue weighted by Crippen LogP contribution is 2.56. The van der Waals surface area contributed by atoms with Gasteiger partial charge < -0.3 is 11.5 Å². The predicted molar refractivity (Wildman–Crippen MR) is 129 cm³/mol. The lowest BCUT2D eigenvalue weighted by Gasteiger charge is -2.09. The van der Waals surface area contributed by atoms with Gasteiger partial charge in [0.25, 0.3) is 0 Å². The Bertz CT molecular complexity index is 2040. The van der Waals surface area contributed by atoms with Crippen molar-refractivity contribution in [1.82, 2.24) is 0 Å². The lowest BCUT2D eigenvalue weighted by atomic mass is 9.99. The molecule has 1 aliphatic carbocycles. The first-order chi connectivity index (χ1) is 21.5. The lowest BCUT2D eigenvalue weighted by molar-refractivity contribution is 0.446. The van der Waals surface area contributed by atoms with Gasteiger partial charge in [-0.2, -0.15) is 21.0 Å². The molecule has 0 amide bonds. The van der Waals surface area contributed by atoms with E-state index in [1.54, 1.807) is 0 Å². The Morgan fingerprint density at radius 2 is 0.696 bits per heavy atom. The highest BCUT2D eigenvalue weighted by molar-refractivity contribution is 6.10. The summed E-state index contributed by atoms with van der Waals surface area (Å²) >= 11 is 0. The number of nitriles is 4. The molecule has 0 radical (unpaired) electrons. The summed E-state index contributed by atoms with van der Waals surface area (Å²) in [5, 5.41) is 37.1. The highest BCUT2D eigenvalue weighted by atomic mass is 19.2. The van der Waals surface area contributed by atoms with Crippen LogP contribution in [-0.4, -0.2) is 0 Å². The maximum absolute atomic E-state index is 15.0. The Morgan fingerprint density at radius 3 is 0.957 bits per heavy atom. The molecule has 0 atom stereocenters. The fourth-order valence-corrected chi connectivity index (χ4v) is 4.34. The zero-order valence-corrected chi connectivity index (χ0v) is 21.5. The summed E-state index contributed by atoms with van der Waals surface area (Å²) in [7, 11) is 0. The SMILES string of the molecule is N#C/C(=C1\C(=C(N)c2c(F)c(F)c(N)c(F)c2F)\C1=C(\C#N)c1c(F)c(F)c(C#N)c(F)c1F)c1c(F)c(F)c(C#N)c(F)c1F. The van der Waals surface area contributed by atoms with E-state index >= 15 is 0 Å². The van der Waals surface area contributed by atoms with Gasteiger partial charge in [-0.1, -0.05) is 0 Å². The van der Waals surface area contributed by atoms with Crippen LogP contribution in [0.25, 0.3) is 16.8 Å². The second kappa shape index (κ2) is 11.3. The topological polar surface area (TPSA) is 147 Å². The molecule has 4 rings (SSSR count). The summed E-state index contributed by atoms with van der Waals surface area (Å²) in [6.07, 6.45) is 0. The predicted octanol–water partition coefficient (Wildman–Crippen LogP) is 6.32. The fraction of sp³-hybridized carbons (Fsp3) is 0. The van der Waals surface area contributed by atoms with Gasteiger partial charge in [-0.15, -0.1) is 0 Å². The quantitative estimate of drug-likeness (QED) is 0.147. The number of nitrogen functional groups attached to an aromatic ring is 1. The molecule has 46 heavy (non-hydrogen) atoms. The maximum atomic E-state index is 15.0. The molecule has 0 heterocycles. The van der Waals surface area contributed by atoms with Crippen LogP contribution in [0.2, 0.25) is 0 Å². The number of nitrogens with two attached hydrogens (primary N) is 2. The van der Waals surface area contributed by atoms with Crippen LogP contribution < -0.4 is 11.5 Å². The highest BCUT2D eigenvalue weighted by Gasteiger charge is 2.45. The van der Waals surface area contributed by atoms with Crippen molar-refractivity contribution in [2.75, 3.05) is 5.73 Å². The van der Waals surface area contributed by atoms with Crippen LogP contribution in [0.5, 0.6) is 0 Å². The fourth-order valence-electron chi connectivity index (χ4n) is 4.34. The molecule has 1 saturated carbocycles. The van der Waals surface area contributed by atoms with Gasteiger partial charge in [-0.05, 0) is 0 Å². The van der Waals surface area contributed by atoms with Crippen molar-refractivity contribution in [3.05, 3.63) is 114 Å². The first kappa shape index (κ1) is 32.5. The monoisotopic (exact) mass is 652 g/mol. The zero-order chi connectivity index (χ0) is 34.7. The van der Waals surface area contributed by atoms with Crippen LogP contribution in [-0.2, 0) is 0 Å². The van der Waals surface area contributed by atoms with Gasteiger partial charge in [0, 0.05) is 16.7 Å². The Labute approximate surface area is 246 Å². The van der Waals surface area contributed by atoms with Gasteiger partial charge in [0.1, 0.15) is 41.1 Å². The average molecular weight is 652 g/mol. The molecule has 1 fully saturated rings. The second-order valence-electron chi connectivity index (χ2n) is 8.79. The van der Waals surface area contributed by atoms with Crippen LogP contribution in [0, 0.1) is 115 Å². The van der Waals surface area contributed by atoms with Crippen molar-refractivity contribution in [2.24, 2.45) is 5.73 Å². The molecule has 1 aliphatic rings. The Kier molecular flexibility index (Phi) is 7.96. The van der Waals surface area contributed by atoms with E-state index in [0.29, 0.717) is 0 Å². The van der Waals surface area contributed by atoms with Gasteiger partial charge in [-0.25, -0.2) is 52.7 Å². The standard InChI is InChI=1S/C28H4F12N6/c29-15-7(3-43)16(30)20(34)11(19(15)33)5(1-41)9-10(6(2-42)12-21(35)17(31)8(4-44)18(32)22(12)36)13(9)27(45)14-23(37)25(39)28(46)26(40)24(14)38/h45-46H2/b9-5-,10-6+,27-13?. The molecule has 18 heteroatoms. The minimum atomic E-state index is -2.48. The van der Waals surface area contributed by atoms with E-state index in [-0.39, 0.29) is 0 Å². The van der Waals surface area contributed by atoms with Crippen molar-refractivity contribution >= 4 is 22.5 Å². The smallest absolute Gasteiger partial charge is 0.185 e. The molecule has 0 saturated heterocycles. The van der Waals surface area contributed by atoms with Gasteiger partial charge in [0.05, 0.1) is 33.5 Å². The number of hydrogen-bond donors (Lipinski definition) is 2. The summed E-state index contributed by atoms with van der Waals surface area (Å²) < 4.78 is 176. The van der Waals surface area contributed by atoms with Crippen LogP contribution >= 0.6 is 0 Å². The summed E-state index contributed by atoms with van der Waals surface area (Å²) in [5.41, 5.74) is -9.68. The number of halogens is 12. The molecule has 0 unspecified atom stereocenters. The molecule has 230 valence electrons. The van der Waals surface area contributed by atoms with Gasteiger partial charge >= 0.3 is 0 Å². The minimum absolute atomic E-state index is 0.788. The van der Waals surface area contributed by atoms with Crippen LogP contribution in [0.15, 0.2) is 16.7 Å². The summed E-state index contributed by atoms with van der Waals surface area (Å²) in [6.45, 7) is 0. The number of benzene rings is 3. The summed E-state index contributed by atoms with van der Waals surface area (Å²) in [4.78, 5) is 0. The molecule has 4 N–H and O–H groups in total. The number of allylic oxidation sites excluding steroid dienone is 5. The van der Waals surface area contributed by atoms with Crippen LogP contribution in [0.3, 0.4) is 0 Å². The molecular weight excluding hydrogens is 648 g/mol. The summed E-state index contributed by atoms with van der Waals surface area (Å²) in [6, 6.07) is 3.57. The molecule has 6 nitrogen and oxygen atoms in total. The molecule has 0 aromatic heterocycles. The molecule has 0 bridgehead atoms. The number of hydrogen-bond acceptors (Lipinski definition) is 6. The van der Waals surface area contributed by atoms with E-state index in [2.05, 4.69) is 0 Å². The van der Waals surface area contributed by atoms with Crippen molar-refractivity contribution in [3.8, 4) is 24.3 Å². The Morgan fingerprint density at radius 1 is 0.413 bits per heavy atom. The van der Waals surface area contributed by atoms with Crippen LogP contribution in [0.1, 0.15) is 27.8 Å². The number of rotatable bonds is 3. The number of nitrogens with zero attached hydrogens (tertiary/aromatic N) is 4. The van der Waals surface area contributed by atoms with E-state index in [0.717, 1.165) is 24.3 Å². The Balaban J connectivity index is 2.32. The second-order valence-corrected chi connectivity index (χ2v) is 8.79.